The van der Waals surface area contributed by atoms with Crippen LogP contribution in [0.4, 0.5) is 11.4 Å². The maximum atomic E-state index is 9.01. The Bertz CT molecular complexity index is 1060. The maximum absolute atomic E-state index is 9.01. The molecule has 28 heavy (non-hydrogen) atoms. The van der Waals surface area contributed by atoms with E-state index in [0.29, 0.717) is 5.69 Å². The Hall–Kier alpha value is -2.99. The minimum Gasteiger partial charge on any atom is -0.759 e. The van der Waals surface area contributed by atoms with Crippen LogP contribution in [0.5, 0.6) is 0 Å². The molecule has 0 aromatic heterocycles. The second-order valence-electron chi connectivity index (χ2n) is 6.09. The van der Waals surface area contributed by atoms with Crippen molar-refractivity contribution in [2.75, 3.05) is 11.4 Å². The van der Waals surface area contributed by atoms with E-state index in [1.807, 2.05) is 12.1 Å². The topological polar surface area (TPSA) is 112 Å². The Morgan fingerprint density at radius 2 is 1.64 bits per heavy atom. The highest BCUT2D eigenvalue weighted by Crippen LogP contribution is 2.26. The van der Waals surface area contributed by atoms with E-state index in [0.717, 1.165) is 25.2 Å². The molecule has 0 aliphatic heterocycles. The van der Waals surface area contributed by atoms with E-state index in [1.165, 1.54) is 16.3 Å². The van der Waals surface area contributed by atoms with Crippen molar-refractivity contribution in [3.05, 3.63) is 77.3 Å². The van der Waals surface area contributed by atoms with Crippen LogP contribution < -0.4 is 4.90 Å². The standard InChI is InChI=1S/C20H20N3.H2O4S/c1-2-13-23(19-11-6-10-18(14-19)22-21)15-17-9-5-8-16-7-3-4-12-20(16)17;1-5(2,3)4/h3-12,14H,2,13,15H2,1H3;(H2,1,2,3,4)/q+1;/p-2. The molecular formula is C20H20N3O4S-. The summed E-state index contributed by atoms with van der Waals surface area (Å²) in [5.41, 5.74) is 2.97. The van der Waals surface area contributed by atoms with Crippen molar-refractivity contribution in [1.82, 2.24) is 0 Å². The number of fused-ring (bicyclic) bond motifs is 1. The molecule has 0 fully saturated rings. The Balaban J connectivity index is 0.000000500. The first-order valence-corrected chi connectivity index (χ1v) is 9.98. The second-order valence-corrected chi connectivity index (χ2v) is 6.90. The summed E-state index contributed by atoms with van der Waals surface area (Å²) in [5, 5.41) is 11.6. The smallest absolute Gasteiger partial charge is 0.387 e. The summed E-state index contributed by atoms with van der Waals surface area (Å²) >= 11 is 0. The Morgan fingerprint density at radius 3 is 2.32 bits per heavy atom. The van der Waals surface area contributed by atoms with Gasteiger partial charge in [-0.3, -0.25) is 8.42 Å². The van der Waals surface area contributed by atoms with Crippen molar-refractivity contribution in [1.29, 1.82) is 5.39 Å². The first kappa shape index (κ1) is 21.3. The largest absolute Gasteiger partial charge is 0.759 e. The lowest BCUT2D eigenvalue weighted by atomic mass is 10.0. The fourth-order valence-corrected chi connectivity index (χ4v) is 2.96. The average molecular weight is 398 g/mol. The Morgan fingerprint density at radius 1 is 1.00 bits per heavy atom. The number of rotatable bonds is 5. The molecule has 0 saturated carbocycles. The monoisotopic (exact) mass is 398 g/mol. The van der Waals surface area contributed by atoms with Gasteiger partial charge >= 0.3 is 5.69 Å². The van der Waals surface area contributed by atoms with E-state index in [1.54, 1.807) is 6.07 Å². The third-order valence-corrected chi connectivity index (χ3v) is 4.05. The third-order valence-electron chi connectivity index (χ3n) is 4.05. The molecule has 7 nitrogen and oxygen atoms in total. The zero-order valence-corrected chi connectivity index (χ0v) is 16.2. The summed E-state index contributed by atoms with van der Waals surface area (Å²) < 4.78 is 34.1. The lowest BCUT2D eigenvalue weighted by Crippen LogP contribution is -2.23. The molecular weight excluding hydrogens is 378 g/mol. The normalized spacial score (nSPS) is 10.6. The van der Waals surface area contributed by atoms with Crippen molar-refractivity contribution in [3.63, 3.8) is 0 Å². The predicted octanol–water partition coefficient (Wildman–Crippen LogP) is 4.40. The maximum Gasteiger partial charge on any atom is 0.387 e. The second kappa shape index (κ2) is 9.80. The average Bonchev–Trinajstić information content (AvgIpc) is 2.66. The number of anilines is 1. The Kier molecular flexibility index (Phi) is 7.46. The molecule has 3 rings (SSSR count). The Labute approximate surface area is 164 Å². The molecule has 146 valence electrons. The van der Waals surface area contributed by atoms with Crippen molar-refractivity contribution >= 4 is 32.5 Å². The molecule has 0 unspecified atom stereocenters. The van der Waals surface area contributed by atoms with Gasteiger partial charge in [0.1, 0.15) is 0 Å². The van der Waals surface area contributed by atoms with Gasteiger partial charge in [-0.1, -0.05) is 55.5 Å². The van der Waals surface area contributed by atoms with Crippen LogP contribution in [0.1, 0.15) is 18.9 Å². The number of nitrogens with zero attached hydrogens (tertiary/aromatic N) is 3. The van der Waals surface area contributed by atoms with Gasteiger partial charge in [0.2, 0.25) is 5.39 Å². The van der Waals surface area contributed by atoms with E-state index in [9.17, 15) is 0 Å². The van der Waals surface area contributed by atoms with Gasteiger partial charge in [-0.2, -0.15) is 0 Å². The van der Waals surface area contributed by atoms with Crippen molar-refractivity contribution in [2.24, 2.45) is 0 Å². The number of diazo groups is 1. The molecule has 0 atom stereocenters. The van der Waals surface area contributed by atoms with E-state index >= 15 is 0 Å². The first-order valence-electron chi connectivity index (χ1n) is 8.65. The molecule has 0 heterocycles. The number of hydrogen-bond acceptors (Lipinski definition) is 6. The first-order chi connectivity index (χ1) is 13.3. The van der Waals surface area contributed by atoms with Gasteiger partial charge in [-0.25, -0.2) is 0 Å². The van der Waals surface area contributed by atoms with Crippen LogP contribution in [0.2, 0.25) is 0 Å². The van der Waals surface area contributed by atoms with Crippen LogP contribution in [0, 0.1) is 5.39 Å². The van der Waals surface area contributed by atoms with Crippen LogP contribution >= 0.6 is 0 Å². The van der Waals surface area contributed by atoms with Crippen molar-refractivity contribution in [2.45, 2.75) is 19.9 Å². The molecule has 0 saturated heterocycles. The number of benzene rings is 3. The summed E-state index contributed by atoms with van der Waals surface area (Å²) in [7, 11) is -5.17. The summed E-state index contributed by atoms with van der Waals surface area (Å²) in [6.07, 6.45) is 1.06. The molecule has 3 aromatic carbocycles. The number of hydrogen-bond donors (Lipinski definition) is 0. The summed E-state index contributed by atoms with van der Waals surface area (Å²) in [6.45, 7) is 3.97. The molecule has 0 spiro atoms. The van der Waals surface area contributed by atoms with E-state index in [2.05, 4.69) is 65.3 Å². The fourth-order valence-electron chi connectivity index (χ4n) is 2.96. The summed E-state index contributed by atoms with van der Waals surface area (Å²) in [6, 6.07) is 22.6. The molecule has 3 aromatic rings. The van der Waals surface area contributed by atoms with Crippen LogP contribution in [-0.2, 0) is 16.9 Å². The molecule has 0 N–H and O–H groups in total. The quantitative estimate of drug-likeness (QED) is 0.358. The van der Waals surface area contributed by atoms with Gasteiger partial charge in [0.05, 0.1) is 6.07 Å². The predicted molar refractivity (Wildman–Crippen MR) is 107 cm³/mol. The van der Waals surface area contributed by atoms with Crippen molar-refractivity contribution in [3.8, 4) is 0 Å². The van der Waals surface area contributed by atoms with Crippen LogP contribution in [0.15, 0.2) is 66.7 Å². The molecule has 0 amide bonds. The lowest BCUT2D eigenvalue weighted by molar-refractivity contribution is 0.352. The fraction of sp³-hybridized carbons (Fsp3) is 0.200. The minimum atomic E-state index is -5.17. The van der Waals surface area contributed by atoms with Gasteiger partial charge in [0, 0.05) is 35.2 Å². The van der Waals surface area contributed by atoms with Gasteiger partial charge < -0.3 is 14.0 Å². The highest BCUT2D eigenvalue weighted by molar-refractivity contribution is 7.79. The molecule has 0 radical (unpaired) electrons. The molecule has 0 aliphatic carbocycles. The zero-order valence-electron chi connectivity index (χ0n) is 15.4. The molecule has 0 aliphatic rings. The third kappa shape index (κ3) is 6.63. The summed E-state index contributed by atoms with van der Waals surface area (Å²) in [4.78, 5) is 5.63. The highest BCUT2D eigenvalue weighted by atomic mass is 32.3. The van der Waals surface area contributed by atoms with Crippen LogP contribution in [-0.4, -0.2) is 24.1 Å². The van der Waals surface area contributed by atoms with E-state index in [4.69, 9.17) is 22.9 Å². The van der Waals surface area contributed by atoms with Crippen molar-refractivity contribution < 1.29 is 17.5 Å². The van der Waals surface area contributed by atoms with Gasteiger partial charge in [-0.15, -0.1) is 0 Å². The molecule has 0 bridgehead atoms. The van der Waals surface area contributed by atoms with Crippen LogP contribution in [0.25, 0.3) is 15.7 Å². The van der Waals surface area contributed by atoms with Crippen LogP contribution in [0.3, 0.4) is 0 Å². The molecule has 8 heteroatoms. The van der Waals surface area contributed by atoms with E-state index in [-0.39, 0.29) is 0 Å². The summed E-state index contributed by atoms with van der Waals surface area (Å²) in [5.74, 6) is 0. The van der Waals surface area contributed by atoms with Gasteiger partial charge in [0.15, 0.2) is 4.98 Å². The SMILES string of the molecule is CCCN(Cc1cccc2ccccc12)c1cccc([N+]#N)c1.O=S(=O)([O-])[O-]. The van der Waals surface area contributed by atoms with Gasteiger partial charge in [0.25, 0.3) is 0 Å². The highest BCUT2D eigenvalue weighted by Gasteiger charge is 2.12. The van der Waals surface area contributed by atoms with E-state index < -0.39 is 10.4 Å². The zero-order chi connectivity index (χ0) is 20.6. The minimum absolute atomic E-state index is 0.585. The van der Waals surface area contributed by atoms with Gasteiger partial charge in [-0.05, 0) is 28.8 Å². The lowest BCUT2D eigenvalue weighted by Gasteiger charge is -2.24.